The zero-order chi connectivity index (χ0) is 18.8. The molecular formula is C21H21N3O3. The molecule has 138 valence electrons. The van der Waals surface area contributed by atoms with Gasteiger partial charge in [-0.15, -0.1) is 0 Å². The van der Waals surface area contributed by atoms with Crippen LogP contribution in [0.15, 0.2) is 42.5 Å². The van der Waals surface area contributed by atoms with Crippen LogP contribution in [-0.2, 0) is 0 Å². The van der Waals surface area contributed by atoms with E-state index in [-0.39, 0.29) is 18.7 Å². The number of rotatable bonds is 3. The average Bonchev–Trinajstić information content (AvgIpc) is 3.16. The molecule has 0 spiro atoms. The van der Waals surface area contributed by atoms with E-state index in [0.29, 0.717) is 37.7 Å². The summed E-state index contributed by atoms with van der Waals surface area (Å²) in [5.41, 5.74) is 2.68. The maximum absolute atomic E-state index is 12.7. The SMILES string of the molecule is Cc1cccc(C(=O)N2CCN(C(C#N)c3ccc4c(c3)OCO4)CC2)c1. The van der Waals surface area contributed by atoms with Crippen LogP contribution in [0.25, 0.3) is 0 Å². The van der Waals surface area contributed by atoms with Crippen LogP contribution < -0.4 is 9.47 Å². The Bertz CT molecular complexity index is 898. The Morgan fingerprint density at radius 2 is 1.85 bits per heavy atom. The second-order valence-electron chi connectivity index (χ2n) is 6.84. The number of benzene rings is 2. The number of fused-ring (bicyclic) bond motifs is 1. The Balaban J connectivity index is 1.43. The van der Waals surface area contributed by atoms with E-state index in [0.717, 1.165) is 16.7 Å². The number of hydrogen-bond acceptors (Lipinski definition) is 5. The molecule has 4 rings (SSSR count). The molecule has 2 heterocycles. The van der Waals surface area contributed by atoms with Gasteiger partial charge in [-0.2, -0.15) is 5.26 Å². The van der Waals surface area contributed by atoms with Gasteiger partial charge in [0.2, 0.25) is 6.79 Å². The first-order chi connectivity index (χ1) is 13.2. The summed E-state index contributed by atoms with van der Waals surface area (Å²) >= 11 is 0. The van der Waals surface area contributed by atoms with Gasteiger partial charge in [0.25, 0.3) is 5.91 Å². The van der Waals surface area contributed by atoms with Gasteiger partial charge in [0.1, 0.15) is 6.04 Å². The summed E-state index contributed by atoms with van der Waals surface area (Å²) in [7, 11) is 0. The minimum absolute atomic E-state index is 0.0509. The molecule has 0 saturated carbocycles. The molecule has 2 aliphatic rings. The van der Waals surface area contributed by atoms with Gasteiger partial charge in [0.15, 0.2) is 11.5 Å². The van der Waals surface area contributed by atoms with Crippen molar-refractivity contribution in [3.05, 3.63) is 59.2 Å². The van der Waals surface area contributed by atoms with Gasteiger partial charge in [-0.05, 0) is 36.8 Å². The van der Waals surface area contributed by atoms with Crippen LogP contribution in [0.4, 0.5) is 0 Å². The number of carbonyl (C=O) groups excluding carboxylic acids is 1. The summed E-state index contributed by atoms with van der Waals surface area (Å²) in [6, 6.07) is 15.3. The maximum atomic E-state index is 12.7. The molecule has 1 saturated heterocycles. The van der Waals surface area contributed by atoms with Gasteiger partial charge in [-0.3, -0.25) is 9.69 Å². The second-order valence-corrected chi connectivity index (χ2v) is 6.84. The first kappa shape index (κ1) is 17.4. The third-order valence-corrected chi connectivity index (χ3v) is 5.07. The predicted octanol–water partition coefficient (Wildman–Crippen LogP) is 2.75. The Labute approximate surface area is 158 Å². The van der Waals surface area contributed by atoms with Crippen molar-refractivity contribution in [3.8, 4) is 17.6 Å². The highest BCUT2D eigenvalue weighted by Gasteiger charge is 2.28. The van der Waals surface area contributed by atoms with Crippen LogP contribution in [-0.4, -0.2) is 48.7 Å². The minimum atomic E-state index is -0.365. The third-order valence-electron chi connectivity index (χ3n) is 5.07. The van der Waals surface area contributed by atoms with E-state index < -0.39 is 0 Å². The predicted molar refractivity (Wildman–Crippen MR) is 99.6 cm³/mol. The largest absolute Gasteiger partial charge is 0.454 e. The number of amides is 1. The summed E-state index contributed by atoms with van der Waals surface area (Å²) in [4.78, 5) is 16.7. The zero-order valence-corrected chi connectivity index (χ0v) is 15.2. The molecule has 1 unspecified atom stereocenters. The number of hydrogen-bond donors (Lipinski definition) is 0. The minimum Gasteiger partial charge on any atom is -0.454 e. The molecule has 0 aromatic heterocycles. The van der Waals surface area contributed by atoms with Crippen LogP contribution in [0.2, 0.25) is 0 Å². The molecule has 6 nitrogen and oxygen atoms in total. The normalized spacial score (nSPS) is 17.4. The fraction of sp³-hybridized carbons (Fsp3) is 0.333. The van der Waals surface area contributed by atoms with E-state index >= 15 is 0 Å². The molecule has 2 aromatic carbocycles. The van der Waals surface area contributed by atoms with Crippen molar-refractivity contribution in [2.75, 3.05) is 33.0 Å². The molecular weight excluding hydrogens is 342 g/mol. The van der Waals surface area contributed by atoms with Gasteiger partial charge in [-0.1, -0.05) is 23.8 Å². The van der Waals surface area contributed by atoms with Crippen LogP contribution >= 0.6 is 0 Å². The molecule has 0 N–H and O–H groups in total. The van der Waals surface area contributed by atoms with Gasteiger partial charge < -0.3 is 14.4 Å². The lowest BCUT2D eigenvalue weighted by molar-refractivity contribution is 0.0606. The highest BCUT2D eigenvalue weighted by molar-refractivity contribution is 5.94. The zero-order valence-electron chi connectivity index (χ0n) is 15.2. The summed E-state index contributed by atoms with van der Waals surface area (Å²) in [6.45, 7) is 4.73. The second kappa shape index (κ2) is 7.29. The van der Waals surface area contributed by atoms with E-state index in [9.17, 15) is 10.1 Å². The molecule has 1 atom stereocenters. The average molecular weight is 363 g/mol. The van der Waals surface area contributed by atoms with Crippen molar-refractivity contribution < 1.29 is 14.3 Å². The highest BCUT2D eigenvalue weighted by Crippen LogP contribution is 2.35. The summed E-state index contributed by atoms with van der Waals surface area (Å²) in [6.07, 6.45) is 0. The lowest BCUT2D eigenvalue weighted by Gasteiger charge is -2.37. The van der Waals surface area contributed by atoms with E-state index in [1.807, 2.05) is 54.3 Å². The number of aryl methyl sites for hydroxylation is 1. The molecule has 0 bridgehead atoms. The molecule has 2 aliphatic heterocycles. The quantitative estimate of drug-likeness (QED) is 0.839. The fourth-order valence-corrected chi connectivity index (χ4v) is 3.59. The number of nitrogens with zero attached hydrogens (tertiary/aromatic N) is 3. The standard InChI is InChI=1S/C21H21N3O3/c1-15-3-2-4-17(11-15)21(25)24-9-7-23(8-10-24)18(13-22)16-5-6-19-20(12-16)27-14-26-19/h2-6,11-12,18H,7-10,14H2,1H3. The number of carbonyl (C=O) groups is 1. The van der Waals surface area contributed by atoms with Crippen LogP contribution in [0.5, 0.6) is 11.5 Å². The highest BCUT2D eigenvalue weighted by atomic mass is 16.7. The monoisotopic (exact) mass is 363 g/mol. The van der Waals surface area contributed by atoms with Gasteiger partial charge in [0.05, 0.1) is 6.07 Å². The topological polar surface area (TPSA) is 65.8 Å². The Morgan fingerprint density at radius 3 is 2.59 bits per heavy atom. The third kappa shape index (κ3) is 3.46. The fourth-order valence-electron chi connectivity index (χ4n) is 3.59. The van der Waals surface area contributed by atoms with Gasteiger partial charge in [0, 0.05) is 31.7 Å². The van der Waals surface area contributed by atoms with E-state index in [1.165, 1.54) is 0 Å². The molecule has 0 radical (unpaired) electrons. The molecule has 1 fully saturated rings. The number of piperazine rings is 1. The lowest BCUT2D eigenvalue weighted by atomic mass is 10.0. The van der Waals surface area contributed by atoms with E-state index in [4.69, 9.17) is 9.47 Å². The Kier molecular flexibility index (Phi) is 4.69. The van der Waals surface area contributed by atoms with E-state index in [2.05, 4.69) is 11.0 Å². The summed E-state index contributed by atoms with van der Waals surface area (Å²) in [5, 5.41) is 9.72. The van der Waals surface area contributed by atoms with Crippen molar-refractivity contribution in [2.24, 2.45) is 0 Å². The van der Waals surface area contributed by atoms with Crippen LogP contribution in [0, 0.1) is 18.3 Å². The molecule has 6 heteroatoms. The first-order valence-corrected chi connectivity index (χ1v) is 9.05. The summed E-state index contributed by atoms with van der Waals surface area (Å²) in [5.74, 6) is 1.44. The molecule has 2 aromatic rings. The number of nitriles is 1. The molecule has 27 heavy (non-hydrogen) atoms. The first-order valence-electron chi connectivity index (χ1n) is 9.05. The number of ether oxygens (including phenoxy) is 2. The van der Waals surface area contributed by atoms with Crippen LogP contribution in [0.1, 0.15) is 27.5 Å². The van der Waals surface area contributed by atoms with Crippen molar-refractivity contribution in [1.82, 2.24) is 9.80 Å². The van der Waals surface area contributed by atoms with E-state index in [1.54, 1.807) is 0 Å². The summed E-state index contributed by atoms with van der Waals surface area (Å²) < 4.78 is 10.8. The van der Waals surface area contributed by atoms with Crippen LogP contribution in [0.3, 0.4) is 0 Å². The Morgan fingerprint density at radius 1 is 1.07 bits per heavy atom. The van der Waals surface area contributed by atoms with Crippen molar-refractivity contribution in [1.29, 1.82) is 5.26 Å². The Hall–Kier alpha value is -3.04. The molecule has 1 amide bonds. The maximum Gasteiger partial charge on any atom is 0.253 e. The van der Waals surface area contributed by atoms with Gasteiger partial charge in [-0.25, -0.2) is 0 Å². The lowest BCUT2D eigenvalue weighted by Crippen LogP contribution is -2.49. The smallest absolute Gasteiger partial charge is 0.253 e. The molecule has 0 aliphatic carbocycles. The van der Waals surface area contributed by atoms with Gasteiger partial charge >= 0.3 is 0 Å². The van der Waals surface area contributed by atoms with Crippen molar-refractivity contribution >= 4 is 5.91 Å². The van der Waals surface area contributed by atoms with Crippen molar-refractivity contribution in [2.45, 2.75) is 13.0 Å². The van der Waals surface area contributed by atoms with Crippen molar-refractivity contribution in [3.63, 3.8) is 0 Å².